The highest BCUT2D eigenvalue weighted by Crippen LogP contribution is 2.49. The molecule has 2 atom stereocenters. The molecule has 1 aliphatic heterocycles. The highest BCUT2D eigenvalue weighted by atomic mass is 16.6. The van der Waals surface area contributed by atoms with E-state index in [1.54, 1.807) is 4.90 Å². The fourth-order valence-corrected chi connectivity index (χ4v) is 3.10. The van der Waals surface area contributed by atoms with Gasteiger partial charge in [-0.25, -0.2) is 4.79 Å². The number of amides is 1. The minimum Gasteiger partial charge on any atom is -0.481 e. The Morgan fingerprint density at radius 1 is 1.39 bits per heavy atom. The number of hydrogen-bond donors (Lipinski definition) is 1. The summed E-state index contributed by atoms with van der Waals surface area (Å²) < 4.78 is 5.31. The van der Waals surface area contributed by atoms with Crippen LogP contribution in [0.5, 0.6) is 0 Å². The largest absolute Gasteiger partial charge is 0.481 e. The van der Waals surface area contributed by atoms with Gasteiger partial charge < -0.3 is 14.7 Å². The minimum absolute atomic E-state index is 0.0857. The fraction of sp³-hybridized carbons (Fsp3) is 0.846. The molecular weight excluding hydrogens is 234 g/mol. The number of carboxylic acids is 1. The van der Waals surface area contributed by atoms with Gasteiger partial charge in [-0.15, -0.1) is 0 Å². The highest BCUT2D eigenvalue weighted by molar-refractivity contribution is 5.79. The molecule has 102 valence electrons. The van der Waals surface area contributed by atoms with E-state index >= 15 is 0 Å². The monoisotopic (exact) mass is 255 g/mol. The molecule has 0 aromatic rings. The lowest BCUT2D eigenvalue weighted by Gasteiger charge is -2.26. The Bertz CT molecular complexity index is 374. The Balaban J connectivity index is 2.08. The van der Waals surface area contributed by atoms with Crippen LogP contribution in [0, 0.1) is 11.3 Å². The van der Waals surface area contributed by atoms with Gasteiger partial charge in [0.25, 0.3) is 0 Å². The maximum Gasteiger partial charge on any atom is 0.410 e. The van der Waals surface area contributed by atoms with Crippen molar-refractivity contribution in [3.05, 3.63) is 0 Å². The maximum absolute atomic E-state index is 12.0. The smallest absolute Gasteiger partial charge is 0.410 e. The quantitative estimate of drug-likeness (QED) is 0.779. The molecule has 1 aliphatic carbocycles. The number of likely N-dealkylation sites (tertiary alicyclic amines) is 1. The zero-order valence-electron chi connectivity index (χ0n) is 11.2. The van der Waals surface area contributed by atoms with Crippen LogP contribution in [-0.4, -0.2) is 40.8 Å². The number of carbonyl (C=O) groups is 2. The zero-order chi connectivity index (χ0) is 13.6. The molecule has 1 saturated heterocycles. The molecule has 1 N–H and O–H groups in total. The zero-order valence-corrected chi connectivity index (χ0v) is 11.2. The van der Waals surface area contributed by atoms with Gasteiger partial charge in [-0.1, -0.05) is 6.42 Å². The van der Waals surface area contributed by atoms with Gasteiger partial charge in [-0.05, 0) is 39.5 Å². The summed E-state index contributed by atoms with van der Waals surface area (Å²) >= 11 is 0. The molecule has 0 spiro atoms. The second-order valence-electron chi connectivity index (χ2n) is 6.41. The molecule has 1 amide bonds. The van der Waals surface area contributed by atoms with Gasteiger partial charge in [-0.3, -0.25) is 4.79 Å². The summed E-state index contributed by atoms with van der Waals surface area (Å²) in [5.74, 6) is -0.682. The number of fused-ring (bicyclic) bond motifs is 1. The van der Waals surface area contributed by atoms with Crippen LogP contribution in [0.25, 0.3) is 0 Å². The molecule has 1 heterocycles. The molecular formula is C13H21NO4. The van der Waals surface area contributed by atoms with E-state index in [-0.39, 0.29) is 5.92 Å². The Morgan fingerprint density at radius 2 is 2.06 bits per heavy atom. The van der Waals surface area contributed by atoms with E-state index in [4.69, 9.17) is 4.74 Å². The molecule has 5 heteroatoms. The van der Waals surface area contributed by atoms with Crippen LogP contribution in [0.15, 0.2) is 0 Å². The van der Waals surface area contributed by atoms with Crippen molar-refractivity contribution in [1.29, 1.82) is 0 Å². The summed E-state index contributed by atoms with van der Waals surface area (Å²) in [6.07, 6.45) is 2.12. The van der Waals surface area contributed by atoms with E-state index in [9.17, 15) is 14.7 Å². The van der Waals surface area contributed by atoms with Gasteiger partial charge in [0.15, 0.2) is 0 Å². The standard InChI is InChI=1S/C13H21NO4/c1-12(2,3)18-11(17)14-7-9-5-4-6-13(9,8-14)10(15)16/h9H,4-8H2,1-3H3,(H,15,16)/t9-,13-/m1/s1. The first-order valence-corrected chi connectivity index (χ1v) is 6.46. The molecule has 2 rings (SSSR count). The Morgan fingerprint density at radius 3 is 2.56 bits per heavy atom. The first kappa shape index (κ1) is 13.2. The lowest BCUT2D eigenvalue weighted by atomic mass is 9.81. The predicted octanol–water partition coefficient (Wildman–Crippen LogP) is 2.11. The average Bonchev–Trinajstić information content (AvgIpc) is 2.69. The summed E-state index contributed by atoms with van der Waals surface area (Å²) in [5, 5.41) is 9.43. The molecule has 0 bridgehead atoms. The van der Waals surface area contributed by atoms with Gasteiger partial charge in [0.2, 0.25) is 0 Å². The molecule has 0 radical (unpaired) electrons. The molecule has 18 heavy (non-hydrogen) atoms. The molecule has 1 saturated carbocycles. The average molecular weight is 255 g/mol. The van der Waals surface area contributed by atoms with E-state index < -0.39 is 23.1 Å². The Hall–Kier alpha value is -1.26. The number of nitrogens with zero attached hydrogens (tertiary/aromatic N) is 1. The first-order chi connectivity index (χ1) is 8.24. The third kappa shape index (κ3) is 2.18. The summed E-state index contributed by atoms with van der Waals surface area (Å²) in [4.78, 5) is 25.0. The molecule has 5 nitrogen and oxygen atoms in total. The number of carboxylic acid groups (broad SMARTS) is 1. The van der Waals surface area contributed by atoms with Gasteiger partial charge in [0.05, 0.1) is 5.41 Å². The van der Waals surface area contributed by atoms with Crippen LogP contribution in [-0.2, 0) is 9.53 Å². The maximum atomic E-state index is 12.0. The molecule has 0 aromatic carbocycles. The van der Waals surface area contributed by atoms with Crippen LogP contribution < -0.4 is 0 Å². The van der Waals surface area contributed by atoms with Crippen molar-refractivity contribution in [2.24, 2.45) is 11.3 Å². The van der Waals surface area contributed by atoms with Crippen LogP contribution in [0.2, 0.25) is 0 Å². The normalized spacial score (nSPS) is 31.3. The van der Waals surface area contributed by atoms with Crippen LogP contribution in [0.4, 0.5) is 4.79 Å². The van der Waals surface area contributed by atoms with Crippen LogP contribution >= 0.6 is 0 Å². The number of carbonyl (C=O) groups excluding carboxylic acids is 1. The topological polar surface area (TPSA) is 66.8 Å². The van der Waals surface area contributed by atoms with E-state index in [1.165, 1.54) is 0 Å². The van der Waals surface area contributed by atoms with Gasteiger partial charge in [-0.2, -0.15) is 0 Å². The van der Waals surface area contributed by atoms with Crippen molar-refractivity contribution in [1.82, 2.24) is 4.90 Å². The van der Waals surface area contributed by atoms with E-state index in [1.807, 2.05) is 20.8 Å². The molecule has 0 unspecified atom stereocenters. The van der Waals surface area contributed by atoms with Crippen LogP contribution in [0.1, 0.15) is 40.0 Å². The number of hydrogen-bond acceptors (Lipinski definition) is 3. The SMILES string of the molecule is CC(C)(C)OC(=O)N1C[C@H]2CCC[C@@]2(C(=O)O)C1. The van der Waals surface area contributed by atoms with Crippen molar-refractivity contribution < 1.29 is 19.4 Å². The summed E-state index contributed by atoms with van der Waals surface area (Å²) in [7, 11) is 0. The summed E-state index contributed by atoms with van der Waals surface area (Å²) in [6.45, 7) is 6.25. The number of rotatable bonds is 1. The van der Waals surface area contributed by atoms with Crippen LogP contribution in [0.3, 0.4) is 0 Å². The van der Waals surface area contributed by atoms with Crippen molar-refractivity contribution in [2.45, 2.75) is 45.6 Å². The Kier molecular flexibility index (Phi) is 3.03. The van der Waals surface area contributed by atoms with Gasteiger partial charge in [0, 0.05) is 13.1 Å². The van der Waals surface area contributed by atoms with Gasteiger partial charge >= 0.3 is 12.1 Å². The van der Waals surface area contributed by atoms with E-state index in [0.29, 0.717) is 19.5 Å². The second-order valence-corrected chi connectivity index (χ2v) is 6.41. The lowest BCUT2D eigenvalue weighted by Crippen LogP contribution is -2.39. The third-order valence-corrected chi connectivity index (χ3v) is 3.95. The predicted molar refractivity (Wildman–Crippen MR) is 65.2 cm³/mol. The summed E-state index contributed by atoms with van der Waals surface area (Å²) in [5.41, 5.74) is -1.26. The molecule has 2 aliphatic rings. The molecule has 0 aromatic heterocycles. The first-order valence-electron chi connectivity index (χ1n) is 6.46. The fourth-order valence-electron chi connectivity index (χ4n) is 3.10. The highest BCUT2D eigenvalue weighted by Gasteiger charge is 2.56. The van der Waals surface area contributed by atoms with Crippen molar-refractivity contribution in [3.8, 4) is 0 Å². The number of aliphatic carboxylic acids is 1. The second kappa shape index (κ2) is 4.14. The number of ether oxygens (including phenoxy) is 1. The van der Waals surface area contributed by atoms with Crippen molar-refractivity contribution in [2.75, 3.05) is 13.1 Å². The Labute approximate surface area is 107 Å². The van der Waals surface area contributed by atoms with Crippen molar-refractivity contribution >= 4 is 12.1 Å². The van der Waals surface area contributed by atoms with E-state index in [0.717, 1.165) is 12.8 Å². The molecule has 2 fully saturated rings. The third-order valence-electron chi connectivity index (χ3n) is 3.95. The minimum atomic E-state index is -0.768. The van der Waals surface area contributed by atoms with E-state index in [2.05, 4.69) is 0 Å². The van der Waals surface area contributed by atoms with Gasteiger partial charge in [0.1, 0.15) is 5.60 Å². The van der Waals surface area contributed by atoms with Crippen molar-refractivity contribution in [3.63, 3.8) is 0 Å². The lowest BCUT2D eigenvalue weighted by molar-refractivity contribution is -0.149. The summed E-state index contributed by atoms with van der Waals surface area (Å²) in [6, 6.07) is 0.